The predicted octanol–water partition coefficient (Wildman–Crippen LogP) is 14.9. The van der Waals surface area contributed by atoms with Gasteiger partial charge in [0.25, 0.3) is 0 Å². The van der Waals surface area contributed by atoms with Gasteiger partial charge in [0.05, 0.1) is 16.8 Å². The van der Waals surface area contributed by atoms with Crippen molar-refractivity contribution in [1.82, 2.24) is 0 Å². The lowest BCUT2D eigenvalue weighted by molar-refractivity contribution is 0.669. The number of hydrogen-bond acceptors (Lipinski definition) is 3. The Balaban J connectivity index is 1.17. The van der Waals surface area contributed by atoms with Gasteiger partial charge in [0.1, 0.15) is 11.2 Å². The first-order chi connectivity index (χ1) is 28.8. The molecule has 10 aromatic rings. The molecule has 1 aliphatic heterocycles. The first-order valence-electron chi connectivity index (χ1n) is 19.9. The molecule has 1 aliphatic carbocycles. The van der Waals surface area contributed by atoms with Gasteiger partial charge in [-0.3, -0.25) is 0 Å². The fourth-order valence-electron chi connectivity index (χ4n) is 9.88. The maximum atomic E-state index is 6.46. The van der Waals surface area contributed by atoms with Crippen molar-refractivity contribution in [2.75, 3.05) is 9.80 Å². The molecule has 0 saturated heterocycles. The highest BCUT2D eigenvalue weighted by Crippen LogP contribution is 2.66. The summed E-state index contributed by atoms with van der Waals surface area (Å²) < 4.78 is 6.46. The number of furan rings is 1. The smallest absolute Gasteiger partial charge is 0.137 e. The van der Waals surface area contributed by atoms with Crippen molar-refractivity contribution >= 4 is 56.1 Å². The van der Waals surface area contributed by atoms with Crippen molar-refractivity contribution in [2.45, 2.75) is 5.41 Å². The molecule has 2 heterocycles. The van der Waals surface area contributed by atoms with Gasteiger partial charge in [0, 0.05) is 50.7 Å². The van der Waals surface area contributed by atoms with Crippen LogP contribution in [0.15, 0.2) is 223 Å². The van der Waals surface area contributed by atoms with E-state index in [4.69, 9.17) is 4.42 Å². The molecule has 3 nitrogen and oxygen atoms in total. The van der Waals surface area contributed by atoms with Crippen molar-refractivity contribution in [3.63, 3.8) is 0 Å². The first-order valence-corrected chi connectivity index (χ1v) is 19.9. The average molecular weight is 741 g/mol. The zero-order chi connectivity index (χ0) is 38.2. The van der Waals surface area contributed by atoms with Gasteiger partial charge >= 0.3 is 0 Å². The minimum atomic E-state index is -0.616. The fourth-order valence-corrected chi connectivity index (χ4v) is 9.88. The van der Waals surface area contributed by atoms with E-state index in [1.165, 1.54) is 55.9 Å². The molecule has 1 unspecified atom stereocenters. The Labute approximate surface area is 337 Å². The maximum Gasteiger partial charge on any atom is 0.137 e. The van der Waals surface area contributed by atoms with Crippen molar-refractivity contribution in [2.24, 2.45) is 0 Å². The molecule has 9 aromatic carbocycles. The van der Waals surface area contributed by atoms with Crippen LogP contribution >= 0.6 is 0 Å². The van der Waals surface area contributed by atoms with Crippen LogP contribution in [0.3, 0.4) is 0 Å². The molecule has 3 heteroatoms. The van der Waals surface area contributed by atoms with Crippen molar-refractivity contribution < 1.29 is 4.42 Å². The summed E-state index contributed by atoms with van der Waals surface area (Å²) in [4.78, 5) is 4.87. The lowest BCUT2D eigenvalue weighted by Crippen LogP contribution is -2.36. The Hall–Kier alpha value is -7.62. The van der Waals surface area contributed by atoms with Gasteiger partial charge < -0.3 is 14.2 Å². The summed E-state index contributed by atoms with van der Waals surface area (Å²) in [5.74, 6) is 0. The average Bonchev–Trinajstić information content (AvgIpc) is 3.82. The number of para-hydroxylation sites is 4. The van der Waals surface area contributed by atoms with E-state index in [1.54, 1.807) is 0 Å². The van der Waals surface area contributed by atoms with E-state index < -0.39 is 5.41 Å². The quantitative estimate of drug-likeness (QED) is 0.169. The summed E-state index contributed by atoms with van der Waals surface area (Å²) in [6.45, 7) is 0. The Morgan fingerprint density at radius 2 is 1.02 bits per heavy atom. The Morgan fingerprint density at radius 1 is 0.414 bits per heavy atom. The zero-order valence-corrected chi connectivity index (χ0v) is 31.6. The Morgan fingerprint density at radius 3 is 1.83 bits per heavy atom. The number of anilines is 6. The molecule has 0 radical (unpaired) electrons. The number of hydrogen-bond donors (Lipinski definition) is 0. The summed E-state index contributed by atoms with van der Waals surface area (Å²) in [7, 11) is 0. The highest BCUT2D eigenvalue weighted by molar-refractivity contribution is 6.07. The molecule has 272 valence electrons. The summed E-state index contributed by atoms with van der Waals surface area (Å²) in [6, 6.07) is 79.3. The first kappa shape index (κ1) is 32.6. The van der Waals surface area contributed by atoms with Gasteiger partial charge in [0.2, 0.25) is 0 Å². The van der Waals surface area contributed by atoms with E-state index in [9.17, 15) is 0 Å². The topological polar surface area (TPSA) is 19.6 Å². The van der Waals surface area contributed by atoms with E-state index in [-0.39, 0.29) is 0 Å². The van der Waals surface area contributed by atoms with Crippen LogP contribution in [-0.2, 0) is 5.41 Å². The molecular weight excluding hydrogens is 705 g/mol. The molecule has 58 heavy (non-hydrogen) atoms. The number of fused-ring (bicyclic) bond motifs is 8. The van der Waals surface area contributed by atoms with Crippen LogP contribution in [0.2, 0.25) is 0 Å². The van der Waals surface area contributed by atoms with Gasteiger partial charge in [0.15, 0.2) is 0 Å². The second-order valence-electron chi connectivity index (χ2n) is 15.2. The van der Waals surface area contributed by atoms with Crippen molar-refractivity contribution in [3.05, 3.63) is 241 Å². The number of rotatable bonds is 6. The SMILES string of the molecule is c1ccc(-c2ccc3c4c2N(c2ccccc2)c2ccccc2C4(c2ccccc2)c2cc(N(c4ccccc4)c4ccc5c(c4)oc4ccccc45)ccc2-3)cc1. The molecule has 1 aromatic heterocycles. The number of benzene rings is 9. The molecule has 0 amide bonds. The van der Waals surface area contributed by atoms with Gasteiger partial charge in [-0.15, -0.1) is 0 Å². The standard InChI is InChI=1S/C55H36N2O/c1-5-17-37(18-6-1)43-33-34-47-44-31-29-41(56(39-21-9-3-10-22-39)42-30-32-46-45-25-13-16-28-51(45)58-52(46)36-42)35-49(44)55(38-19-7-2-8-20-38)48-26-14-15-27-50(48)57(54(43)53(47)55)40-23-11-4-12-24-40/h1-36H. The van der Waals surface area contributed by atoms with Crippen LogP contribution < -0.4 is 9.80 Å². The molecule has 0 N–H and O–H groups in total. The van der Waals surface area contributed by atoms with Crippen LogP contribution in [0, 0.1) is 0 Å². The van der Waals surface area contributed by atoms with Gasteiger partial charge in [-0.2, -0.15) is 0 Å². The molecule has 0 saturated carbocycles. The highest BCUT2D eigenvalue weighted by atomic mass is 16.3. The largest absolute Gasteiger partial charge is 0.456 e. The summed E-state index contributed by atoms with van der Waals surface area (Å²) in [5.41, 5.74) is 17.8. The molecule has 0 fully saturated rings. The third kappa shape index (κ3) is 4.62. The van der Waals surface area contributed by atoms with Gasteiger partial charge in [-0.05, 0) is 94.0 Å². The molecular formula is C55H36N2O. The van der Waals surface area contributed by atoms with Crippen molar-refractivity contribution in [1.29, 1.82) is 0 Å². The summed E-state index contributed by atoms with van der Waals surface area (Å²) in [5, 5.41) is 2.24. The van der Waals surface area contributed by atoms with Gasteiger partial charge in [-0.25, -0.2) is 0 Å². The van der Waals surface area contributed by atoms with Crippen molar-refractivity contribution in [3.8, 4) is 22.3 Å². The van der Waals surface area contributed by atoms with E-state index in [2.05, 4.69) is 216 Å². The van der Waals surface area contributed by atoms with Crippen LogP contribution in [0.4, 0.5) is 34.1 Å². The molecule has 12 rings (SSSR count). The molecule has 1 atom stereocenters. The van der Waals surface area contributed by atoms with E-state index in [1.807, 2.05) is 12.1 Å². The predicted molar refractivity (Wildman–Crippen MR) is 239 cm³/mol. The third-order valence-electron chi connectivity index (χ3n) is 12.2. The van der Waals surface area contributed by atoms with Crippen LogP contribution in [0.5, 0.6) is 0 Å². The van der Waals surface area contributed by atoms with Crippen LogP contribution in [0.1, 0.15) is 22.3 Å². The third-order valence-corrected chi connectivity index (χ3v) is 12.2. The van der Waals surface area contributed by atoms with E-state index in [0.29, 0.717) is 0 Å². The monoisotopic (exact) mass is 740 g/mol. The normalized spacial score (nSPS) is 14.9. The second kappa shape index (κ2) is 12.7. The lowest BCUT2D eigenvalue weighted by atomic mass is 9.64. The Bertz CT molecular complexity index is 3170. The maximum absolute atomic E-state index is 6.46. The Kier molecular flexibility index (Phi) is 7.14. The van der Waals surface area contributed by atoms with Crippen LogP contribution in [-0.4, -0.2) is 0 Å². The second-order valence-corrected chi connectivity index (χ2v) is 15.2. The number of nitrogens with zero attached hydrogens (tertiary/aromatic N) is 2. The summed E-state index contributed by atoms with van der Waals surface area (Å²) >= 11 is 0. The summed E-state index contributed by atoms with van der Waals surface area (Å²) in [6.07, 6.45) is 0. The lowest BCUT2D eigenvalue weighted by Gasteiger charge is -2.45. The van der Waals surface area contributed by atoms with Gasteiger partial charge in [-0.1, -0.05) is 152 Å². The van der Waals surface area contributed by atoms with E-state index >= 15 is 0 Å². The minimum Gasteiger partial charge on any atom is -0.456 e. The highest BCUT2D eigenvalue weighted by Gasteiger charge is 2.53. The molecule has 0 bridgehead atoms. The fraction of sp³-hybridized carbons (Fsp3) is 0.0182. The zero-order valence-electron chi connectivity index (χ0n) is 31.6. The minimum absolute atomic E-state index is 0.616. The molecule has 0 spiro atoms. The molecule has 2 aliphatic rings. The van der Waals surface area contributed by atoms with E-state index in [0.717, 1.165) is 44.7 Å². The van der Waals surface area contributed by atoms with Crippen LogP contribution in [0.25, 0.3) is 44.2 Å².